The van der Waals surface area contributed by atoms with Gasteiger partial charge in [-0.15, -0.1) is 0 Å². The molecule has 0 bridgehead atoms. The number of esters is 1. The Balaban J connectivity index is 1.88. The van der Waals surface area contributed by atoms with Crippen molar-refractivity contribution in [3.8, 4) is 0 Å². The second kappa shape index (κ2) is 8.23. The normalized spacial score (nSPS) is 15.2. The van der Waals surface area contributed by atoms with Gasteiger partial charge in [0.25, 0.3) is 5.69 Å². The predicted octanol–water partition coefficient (Wildman–Crippen LogP) is 2.72. The summed E-state index contributed by atoms with van der Waals surface area (Å²) >= 11 is 0. The number of rotatable bonds is 5. The largest absolute Gasteiger partial charge is 0.459 e. The molecule has 132 valence electrons. The zero-order valence-electron chi connectivity index (χ0n) is 14.0. The Morgan fingerprint density at radius 3 is 2.64 bits per heavy atom. The SMILES string of the molecule is C=C(C)C(=O)OC1CCN(C(=O)/C=C/c2cccc([N+](=O)[O-])c2)CC1. The van der Waals surface area contributed by atoms with Crippen molar-refractivity contribution in [2.24, 2.45) is 0 Å². The Morgan fingerprint density at radius 1 is 1.36 bits per heavy atom. The van der Waals surface area contributed by atoms with Gasteiger partial charge in [-0.1, -0.05) is 18.7 Å². The maximum absolute atomic E-state index is 12.2. The minimum atomic E-state index is -0.476. The molecule has 1 aromatic carbocycles. The number of nitro benzene ring substituents is 1. The molecule has 1 heterocycles. The molecule has 0 N–H and O–H groups in total. The van der Waals surface area contributed by atoms with Crippen LogP contribution in [-0.2, 0) is 14.3 Å². The number of non-ortho nitro benzene ring substituents is 1. The number of ether oxygens (including phenoxy) is 1. The topological polar surface area (TPSA) is 89.8 Å². The van der Waals surface area contributed by atoms with E-state index in [4.69, 9.17) is 4.74 Å². The molecule has 1 amide bonds. The zero-order chi connectivity index (χ0) is 18.4. The third-order valence-electron chi connectivity index (χ3n) is 3.88. The molecule has 1 saturated heterocycles. The summed E-state index contributed by atoms with van der Waals surface area (Å²) in [5, 5.41) is 10.8. The van der Waals surface area contributed by atoms with Crippen molar-refractivity contribution >= 4 is 23.6 Å². The third-order valence-corrected chi connectivity index (χ3v) is 3.88. The van der Waals surface area contributed by atoms with E-state index in [1.54, 1.807) is 30.0 Å². The Hall–Kier alpha value is -2.96. The van der Waals surface area contributed by atoms with E-state index in [0.29, 0.717) is 37.1 Å². The number of carbonyl (C=O) groups excluding carboxylic acids is 2. The van der Waals surface area contributed by atoms with Crippen LogP contribution in [0.15, 0.2) is 42.5 Å². The van der Waals surface area contributed by atoms with Crippen molar-refractivity contribution in [1.29, 1.82) is 0 Å². The molecule has 1 aliphatic heterocycles. The lowest BCUT2D eigenvalue weighted by Crippen LogP contribution is -2.40. The van der Waals surface area contributed by atoms with E-state index in [-0.39, 0.29) is 17.7 Å². The van der Waals surface area contributed by atoms with Crippen LogP contribution in [0.4, 0.5) is 5.69 Å². The maximum atomic E-state index is 12.2. The Labute approximate surface area is 145 Å². The predicted molar refractivity (Wildman–Crippen MR) is 92.6 cm³/mol. The molecule has 0 aromatic heterocycles. The van der Waals surface area contributed by atoms with Crippen molar-refractivity contribution in [1.82, 2.24) is 4.90 Å². The van der Waals surface area contributed by atoms with E-state index in [1.807, 2.05) is 0 Å². The number of likely N-dealkylation sites (tertiary alicyclic amines) is 1. The van der Waals surface area contributed by atoms with Crippen LogP contribution in [0.5, 0.6) is 0 Å². The lowest BCUT2D eigenvalue weighted by Gasteiger charge is -2.31. The van der Waals surface area contributed by atoms with Crippen molar-refractivity contribution in [3.05, 3.63) is 58.2 Å². The highest BCUT2D eigenvalue weighted by Crippen LogP contribution is 2.17. The van der Waals surface area contributed by atoms with E-state index in [2.05, 4.69) is 6.58 Å². The Kier molecular flexibility index (Phi) is 6.05. The summed E-state index contributed by atoms with van der Waals surface area (Å²) in [4.78, 5) is 35.7. The molecule has 1 fully saturated rings. The van der Waals surface area contributed by atoms with Crippen LogP contribution < -0.4 is 0 Å². The van der Waals surface area contributed by atoms with Gasteiger partial charge in [0.1, 0.15) is 6.10 Å². The van der Waals surface area contributed by atoms with Crippen molar-refractivity contribution in [3.63, 3.8) is 0 Å². The molecular formula is C18H20N2O5. The van der Waals surface area contributed by atoms with Gasteiger partial charge in [-0.2, -0.15) is 0 Å². The highest BCUT2D eigenvalue weighted by molar-refractivity contribution is 5.92. The first-order valence-electron chi connectivity index (χ1n) is 7.94. The van der Waals surface area contributed by atoms with Gasteiger partial charge in [-0.25, -0.2) is 4.79 Å². The van der Waals surface area contributed by atoms with Gasteiger partial charge in [-0.3, -0.25) is 14.9 Å². The van der Waals surface area contributed by atoms with Crippen molar-refractivity contribution in [2.75, 3.05) is 13.1 Å². The van der Waals surface area contributed by atoms with Gasteiger partial charge in [0.2, 0.25) is 5.91 Å². The number of nitro groups is 1. The van der Waals surface area contributed by atoms with Crippen LogP contribution in [0.3, 0.4) is 0 Å². The minimum Gasteiger partial charge on any atom is -0.459 e. The summed E-state index contributed by atoms with van der Waals surface area (Å²) in [7, 11) is 0. The quantitative estimate of drug-likeness (QED) is 0.354. The summed E-state index contributed by atoms with van der Waals surface area (Å²) in [5.41, 5.74) is 0.931. The molecule has 1 aliphatic rings. The average Bonchev–Trinajstić information content (AvgIpc) is 2.60. The van der Waals surface area contributed by atoms with Gasteiger partial charge in [0, 0.05) is 49.7 Å². The number of amides is 1. The molecule has 0 saturated carbocycles. The Bertz CT molecular complexity index is 718. The molecule has 2 rings (SSSR count). The third kappa shape index (κ3) is 5.27. The number of hydrogen-bond donors (Lipinski definition) is 0. The number of piperidine rings is 1. The van der Waals surface area contributed by atoms with Crippen LogP contribution in [0.2, 0.25) is 0 Å². The van der Waals surface area contributed by atoms with Crippen LogP contribution >= 0.6 is 0 Å². The van der Waals surface area contributed by atoms with Gasteiger partial charge in [0.15, 0.2) is 0 Å². The lowest BCUT2D eigenvalue weighted by molar-refractivity contribution is -0.384. The summed E-state index contributed by atoms with van der Waals surface area (Å²) in [6, 6.07) is 6.08. The zero-order valence-corrected chi connectivity index (χ0v) is 14.0. The fourth-order valence-electron chi connectivity index (χ4n) is 2.46. The molecule has 1 aromatic rings. The van der Waals surface area contributed by atoms with Gasteiger partial charge in [-0.05, 0) is 18.6 Å². The first kappa shape index (κ1) is 18.4. The standard InChI is InChI=1S/C18H20N2O5/c1-13(2)18(22)25-16-8-10-19(11-9-16)17(21)7-6-14-4-3-5-15(12-14)20(23)24/h3-7,12,16H,1,8-11H2,2H3/b7-6+. The van der Waals surface area contributed by atoms with E-state index in [1.165, 1.54) is 18.2 Å². The minimum absolute atomic E-state index is 0.0188. The van der Waals surface area contributed by atoms with Crippen LogP contribution in [0.25, 0.3) is 6.08 Å². The highest BCUT2D eigenvalue weighted by Gasteiger charge is 2.24. The van der Waals surface area contributed by atoms with Crippen molar-refractivity contribution < 1.29 is 19.2 Å². The van der Waals surface area contributed by atoms with Crippen molar-refractivity contribution in [2.45, 2.75) is 25.9 Å². The van der Waals surface area contributed by atoms with E-state index in [9.17, 15) is 19.7 Å². The summed E-state index contributed by atoms with van der Waals surface area (Å²) < 4.78 is 5.29. The number of hydrogen-bond acceptors (Lipinski definition) is 5. The maximum Gasteiger partial charge on any atom is 0.333 e. The highest BCUT2D eigenvalue weighted by atomic mass is 16.6. The fraction of sp³-hybridized carbons (Fsp3) is 0.333. The van der Waals surface area contributed by atoms with Crippen LogP contribution in [0, 0.1) is 10.1 Å². The smallest absolute Gasteiger partial charge is 0.333 e. The second-order valence-corrected chi connectivity index (χ2v) is 5.90. The monoisotopic (exact) mass is 344 g/mol. The molecule has 25 heavy (non-hydrogen) atoms. The van der Waals surface area contributed by atoms with Gasteiger partial charge >= 0.3 is 5.97 Å². The number of benzene rings is 1. The summed E-state index contributed by atoms with van der Waals surface area (Å²) in [6.45, 7) is 6.13. The Morgan fingerprint density at radius 2 is 2.04 bits per heavy atom. The van der Waals surface area contributed by atoms with Gasteiger partial charge < -0.3 is 9.64 Å². The molecular weight excluding hydrogens is 324 g/mol. The molecule has 0 radical (unpaired) electrons. The summed E-state index contributed by atoms with van der Waals surface area (Å²) in [5.74, 6) is -0.577. The average molecular weight is 344 g/mol. The molecule has 0 aliphatic carbocycles. The first-order chi connectivity index (χ1) is 11.9. The molecule has 0 atom stereocenters. The molecule has 7 nitrogen and oxygen atoms in total. The molecule has 0 unspecified atom stereocenters. The first-order valence-corrected chi connectivity index (χ1v) is 7.94. The van der Waals surface area contributed by atoms with E-state index < -0.39 is 10.9 Å². The number of carbonyl (C=O) groups is 2. The van der Waals surface area contributed by atoms with Gasteiger partial charge in [0.05, 0.1) is 4.92 Å². The number of nitrogens with zero attached hydrogens (tertiary/aromatic N) is 2. The molecule has 7 heteroatoms. The summed E-state index contributed by atoms with van der Waals surface area (Å²) in [6.07, 6.45) is 3.92. The van der Waals surface area contributed by atoms with E-state index in [0.717, 1.165) is 0 Å². The fourth-order valence-corrected chi connectivity index (χ4v) is 2.46. The second-order valence-electron chi connectivity index (χ2n) is 5.90. The van der Waals surface area contributed by atoms with Crippen LogP contribution in [-0.4, -0.2) is 40.9 Å². The lowest BCUT2D eigenvalue weighted by atomic mass is 10.1. The van der Waals surface area contributed by atoms with E-state index >= 15 is 0 Å². The molecule has 0 spiro atoms. The van der Waals surface area contributed by atoms with Crippen LogP contribution in [0.1, 0.15) is 25.3 Å².